The molecule has 2 aromatic rings. The van der Waals surface area contributed by atoms with E-state index in [9.17, 15) is 4.79 Å². The first-order valence-electron chi connectivity index (χ1n) is 5.00. The summed E-state index contributed by atoms with van der Waals surface area (Å²) in [5.41, 5.74) is 1.24. The molecule has 0 saturated heterocycles. The van der Waals surface area contributed by atoms with Crippen molar-refractivity contribution in [3.63, 3.8) is 0 Å². The van der Waals surface area contributed by atoms with Gasteiger partial charge in [0, 0.05) is 32.4 Å². The lowest BCUT2D eigenvalue weighted by Gasteiger charge is -2.18. The predicted molar refractivity (Wildman–Crippen MR) is 65.2 cm³/mol. The van der Waals surface area contributed by atoms with Gasteiger partial charge < -0.3 is 4.90 Å². The van der Waals surface area contributed by atoms with Crippen molar-refractivity contribution in [2.45, 2.75) is 6.54 Å². The van der Waals surface area contributed by atoms with Crippen LogP contribution in [0.25, 0.3) is 0 Å². The van der Waals surface area contributed by atoms with Crippen LogP contribution in [0, 0.1) is 0 Å². The third-order valence-electron chi connectivity index (χ3n) is 2.37. The fraction of sp³-hybridized carbons (Fsp3) is 0.300. The first-order chi connectivity index (χ1) is 8.08. The first-order valence-corrected chi connectivity index (χ1v) is 5.37. The van der Waals surface area contributed by atoms with Crippen molar-refractivity contribution >= 4 is 17.3 Å². The molecular formula is C10H12ClN5O. The van der Waals surface area contributed by atoms with E-state index >= 15 is 0 Å². The Morgan fingerprint density at radius 2 is 2.29 bits per heavy atom. The number of hydrogen-bond donors (Lipinski definition) is 1. The third kappa shape index (κ3) is 2.47. The van der Waals surface area contributed by atoms with Gasteiger partial charge in [-0.15, -0.1) is 0 Å². The molecule has 90 valence electrons. The van der Waals surface area contributed by atoms with Crippen molar-refractivity contribution in [1.29, 1.82) is 0 Å². The summed E-state index contributed by atoms with van der Waals surface area (Å²) in [6, 6.07) is 0. The Bertz CT molecular complexity index is 576. The molecule has 0 saturated carbocycles. The number of aromatic nitrogens is 4. The second-order valence-electron chi connectivity index (χ2n) is 3.78. The zero-order valence-corrected chi connectivity index (χ0v) is 10.3. The Hall–Kier alpha value is -1.82. The summed E-state index contributed by atoms with van der Waals surface area (Å²) in [5.74, 6) is 0. The van der Waals surface area contributed by atoms with E-state index in [0.717, 1.165) is 5.56 Å². The van der Waals surface area contributed by atoms with E-state index < -0.39 is 0 Å². The number of H-pyrrole nitrogens is 1. The van der Waals surface area contributed by atoms with Gasteiger partial charge in [-0.3, -0.25) is 9.48 Å². The average Bonchev–Trinajstić information content (AvgIpc) is 2.68. The SMILES string of the molecule is CN(Cc1cnn(C)c1)c1cn[nH]c(=O)c1Cl. The zero-order chi connectivity index (χ0) is 12.4. The van der Waals surface area contributed by atoms with E-state index in [1.807, 2.05) is 25.2 Å². The Morgan fingerprint density at radius 1 is 1.53 bits per heavy atom. The van der Waals surface area contributed by atoms with Crippen molar-refractivity contribution in [3.05, 3.63) is 39.5 Å². The van der Waals surface area contributed by atoms with Gasteiger partial charge in [-0.25, -0.2) is 5.10 Å². The van der Waals surface area contributed by atoms with E-state index in [4.69, 9.17) is 11.6 Å². The van der Waals surface area contributed by atoms with Crippen LogP contribution >= 0.6 is 11.6 Å². The molecule has 0 bridgehead atoms. The Kier molecular flexibility index (Phi) is 3.14. The number of anilines is 1. The smallest absolute Gasteiger partial charge is 0.285 e. The number of nitrogens with one attached hydrogen (secondary N) is 1. The molecule has 0 fully saturated rings. The second kappa shape index (κ2) is 4.58. The topological polar surface area (TPSA) is 66.8 Å². The molecule has 2 heterocycles. The number of rotatable bonds is 3. The van der Waals surface area contributed by atoms with Gasteiger partial charge in [0.2, 0.25) is 0 Å². The summed E-state index contributed by atoms with van der Waals surface area (Å²) in [6.45, 7) is 0.610. The molecule has 0 spiro atoms. The molecule has 6 nitrogen and oxygen atoms in total. The summed E-state index contributed by atoms with van der Waals surface area (Å²) in [7, 11) is 3.70. The lowest BCUT2D eigenvalue weighted by molar-refractivity contribution is 0.766. The zero-order valence-electron chi connectivity index (χ0n) is 9.51. The largest absolute Gasteiger partial charge is 0.367 e. The molecule has 0 radical (unpaired) electrons. The maximum Gasteiger partial charge on any atom is 0.285 e. The maximum absolute atomic E-state index is 11.3. The van der Waals surface area contributed by atoms with Gasteiger partial charge in [0.15, 0.2) is 0 Å². The Balaban J connectivity index is 2.23. The molecule has 0 aliphatic rings. The van der Waals surface area contributed by atoms with Gasteiger partial charge in [0.1, 0.15) is 5.02 Å². The normalized spacial score (nSPS) is 10.5. The van der Waals surface area contributed by atoms with Crippen molar-refractivity contribution in [3.8, 4) is 0 Å². The van der Waals surface area contributed by atoms with Crippen LogP contribution in [-0.4, -0.2) is 27.0 Å². The molecule has 2 rings (SSSR count). The number of aryl methyl sites for hydroxylation is 1. The summed E-state index contributed by atoms with van der Waals surface area (Å²) < 4.78 is 1.72. The van der Waals surface area contributed by atoms with Gasteiger partial charge in [-0.2, -0.15) is 10.2 Å². The lowest BCUT2D eigenvalue weighted by Crippen LogP contribution is -2.20. The molecule has 0 aromatic carbocycles. The molecule has 0 aliphatic heterocycles. The van der Waals surface area contributed by atoms with E-state index in [1.54, 1.807) is 10.9 Å². The molecule has 0 aliphatic carbocycles. The third-order valence-corrected chi connectivity index (χ3v) is 2.73. The highest BCUT2D eigenvalue weighted by Gasteiger charge is 2.10. The van der Waals surface area contributed by atoms with Crippen LogP contribution in [0.2, 0.25) is 5.02 Å². The fourth-order valence-electron chi connectivity index (χ4n) is 1.55. The molecule has 7 heteroatoms. The molecule has 0 atom stereocenters. The monoisotopic (exact) mass is 253 g/mol. The summed E-state index contributed by atoms with van der Waals surface area (Å²) in [4.78, 5) is 13.2. The highest BCUT2D eigenvalue weighted by Crippen LogP contribution is 2.20. The lowest BCUT2D eigenvalue weighted by atomic mass is 10.3. The van der Waals surface area contributed by atoms with Crippen LogP contribution in [0.1, 0.15) is 5.56 Å². The molecular weight excluding hydrogens is 242 g/mol. The van der Waals surface area contributed by atoms with Crippen LogP contribution in [-0.2, 0) is 13.6 Å². The Morgan fingerprint density at radius 3 is 2.94 bits per heavy atom. The van der Waals surface area contributed by atoms with E-state index in [-0.39, 0.29) is 10.6 Å². The highest BCUT2D eigenvalue weighted by molar-refractivity contribution is 6.32. The standard InChI is InChI=1S/C10H12ClN5O/c1-15(5-7-3-13-16(2)6-7)8-4-12-14-10(17)9(8)11/h3-4,6H,5H2,1-2H3,(H,14,17). The van der Waals surface area contributed by atoms with Crippen LogP contribution in [0.3, 0.4) is 0 Å². The summed E-state index contributed by atoms with van der Waals surface area (Å²) in [5, 5.41) is 10.2. The fourth-order valence-corrected chi connectivity index (χ4v) is 1.79. The van der Waals surface area contributed by atoms with E-state index in [0.29, 0.717) is 12.2 Å². The first kappa shape index (κ1) is 11.7. The maximum atomic E-state index is 11.3. The van der Waals surface area contributed by atoms with Gasteiger partial charge in [-0.1, -0.05) is 11.6 Å². The van der Waals surface area contributed by atoms with Gasteiger partial charge in [0.25, 0.3) is 5.56 Å². The van der Waals surface area contributed by atoms with Crippen molar-refractivity contribution in [2.75, 3.05) is 11.9 Å². The highest BCUT2D eigenvalue weighted by atomic mass is 35.5. The quantitative estimate of drug-likeness (QED) is 0.878. The number of nitrogens with zero attached hydrogens (tertiary/aromatic N) is 4. The molecule has 1 N–H and O–H groups in total. The van der Waals surface area contributed by atoms with Crippen LogP contribution < -0.4 is 10.5 Å². The Labute approximate surface area is 103 Å². The molecule has 0 unspecified atom stereocenters. The van der Waals surface area contributed by atoms with Gasteiger partial charge >= 0.3 is 0 Å². The van der Waals surface area contributed by atoms with E-state index in [2.05, 4.69) is 15.3 Å². The van der Waals surface area contributed by atoms with E-state index in [1.165, 1.54) is 6.20 Å². The molecule has 17 heavy (non-hydrogen) atoms. The second-order valence-corrected chi connectivity index (χ2v) is 4.15. The van der Waals surface area contributed by atoms with Crippen LogP contribution in [0.15, 0.2) is 23.4 Å². The minimum atomic E-state index is -0.387. The predicted octanol–water partition coefficient (Wildman–Crippen LogP) is 0.793. The van der Waals surface area contributed by atoms with Crippen LogP contribution in [0.4, 0.5) is 5.69 Å². The average molecular weight is 254 g/mol. The van der Waals surface area contributed by atoms with Gasteiger partial charge in [0.05, 0.1) is 18.1 Å². The van der Waals surface area contributed by atoms with Crippen LogP contribution in [0.5, 0.6) is 0 Å². The van der Waals surface area contributed by atoms with Crippen molar-refractivity contribution < 1.29 is 0 Å². The number of hydrogen-bond acceptors (Lipinski definition) is 4. The molecule has 0 amide bonds. The number of halogens is 1. The minimum Gasteiger partial charge on any atom is -0.367 e. The van der Waals surface area contributed by atoms with Gasteiger partial charge in [-0.05, 0) is 0 Å². The summed E-state index contributed by atoms with van der Waals surface area (Å²) in [6.07, 6.45) is 5.20. The molecule has 2 aromatic heterocycles. The number of aromatic amines is 1. The van der Waals surface area contributed by atoms with Crippen molar-refractivity contribution in [1.82, 2.24) is 20.0 Å². The summed E-state index contributed by atoms with van der Waals surface area (Å²) >= 11 is 5.91. The minimum absolute atomic E-state index is 0.145. The van der Waals surface area contributed by atoms with Crippen molar-refractivity contribution in [2.24, 2.45) is 7.05 Å².